The zero-order valence-corrected chi connectivity index (χ0v) is 17.4. The second-order valence-electron chi connectivity index (χ2n) is 7.55. The van der Waals surface area contributed by atoms with E-state index >= 15 is 0 Å². The van der Waals surface area contributed by atoms with Gasteiger partial charge in [0, 0.05) is 17.0 Å². The molecular formula is C23H23N3O2S. The molecule has 1 fully saturated rings. The van der Waals surface area contributed by atoms with Crippen LogP contribution in [-0.4, -0.2) is 35.6 Å². The molecule has 2 unspecified atom stereocenters. The molecule has 1 aromatic heterocycles. The van der Waals surface area contributed by atoms with E-state index < -0.39 is 0 Å². The summed E-state index contributed by atoms with van der Waals surface area (Å²) in [4.78, 5) is 6.28. The van der Waals surface area contributed by atoms with Crippen LogP contribution in [0.25, 0.3) is 11.3 Å². The molecule has 148 valence electrons. The van der Waals surface area contributed by atoms with Crippen molar-refractivity contribution < 1.29 is 9.47 Å². The van der Waals surface area contributed by atoms with Crippen molar-refractivity contribution in [3.05, 3.63) is 58.5 Å². The number of ether oxygens (including phenoxy) is 2. The Balaban J connectivity index is 1.71. The molecule has 0 amide bonds. The van der Waals surface area contributed by atoms with Gasteiger partial charge in [-0.2, -0.15) is 0 Å². The van der Waals surface area contributed by atoms with E-state index in [4.69, 9.17) is 14.5 Å². The summed E-state index contributed by atoms with van der Waals surface area (Å²) < 4.78 is 15.5. The van der Waals surface area contributed by atoms with Gasteiger partial charge < -0.3 is 9.47 Å². The number of nitrogens with zero attached hydrogens (tertiary/aromatic N) is 3. The molecule has 1 aliphatic heterocycles. The molecule has 0 bridgehead atoms. The maximum atomic E-state index is 5.61. The molecule has 0 radical (unpaired) electrons. The monoisotopic (exact) mass is 405 g/mol. The van der Waals surface area contributed by atoms with Crippen LogP contribution in [-0.2, 0) is 0 Å². The second-order valence-corrected chi connectivity index (χ2v) is 8.30. The zero-order chi connectivity index (χ0) is 19.8. The summed E-state index contributed by atoms with van der Waals surface area (Å²) in [6.07, 6.45) is 4.76. The molecule has 29 heavy (non-hydrogen) atoms. The fourth-order valence-corrected chi connectivity index (χ4v) is 5.28. The third-order valence-electron chi connectivity index (χ3n) is 5.99. The first-order valence-corrected chi connectivity index (χ1v) is 10.8. The number of methoxy groups -OCH3 is 2. The van der Waals surface area contributed by atoms with Gasteiger partial charge in [-0.15, -0.1) is 5.10 Å². The number of hydrogen-bond donors (Lipinski definition) is 0. The molecule has 5 nitrogen and oxygen atoms in total. The SMILES string of the molecule is COc1cc2c(cc1OC)C1CCCCC1N=C2c1snnc1-c1ccccc1. The summed E-state index contributed by atoms with van der Waals surface area (Å²) in [6.45, 7) is 0. The van der Waals surface area contributed by atoms with E-state index in [1.807, 2.05) is 18.2 Å². The lowest BCUT2D eigenvalue weighted by molar-refractivity contribution is 0.349. The molecule has 5 rings (SSSR count). The summed E-state index contributed by atoms with van der Waals surface area (Å²) >= 11 is 1.41. The van der Waals surface area contributed by atoms with E-state index in [2.05, 4.69) is 33.9 Å². The van der Waals surface area contributed by atoms with E-state index in [-0.39, 0.29) is 0 Å². The molecule has 2 heterocycles. The predicted molar refractivity (Wildman–Crippen MR) is 116 cm³/mol. The van der Waals surface area contributed by atoms with Crippen LogP contribution in [0.4, 0.5) is 0 Å². The number of hydrogen-bond acceptors (Lipinski definition) is 6. The molecule has 2 aromatic carbocycles. The molecule has 1 saturated carbocycles. The number of aromatic nitrogens is 2. The summed E-state index contributed by atoms with van der Waals surface area (Å²) in [5, 5.41) is 4.45. The summed E-state index contributed by atoms with van der Waals surface area (Å²) in [6, 6.07) is 14.7. The smallest absolute Gasteiger partial charge is 0.161 e. The van der Waals surface area contributed by atoms with Crippen LogP contribution in [0.1, 0.15) is 47.6 Å². The van der Waals surface area contributed by atoms with Crippen molar-refractivity contribution >= 4 is 17.2 Å². The normalized spacial score (nSPS) is 20.4. The Morgan fingerprint density at radius 2 is 1.72 bits per heavy atom. The Kier molecular flexibility index (Phi) is 4.79. The lowest BCUT2D eigenvalue weighted by atomic mass is 9.75. The van der Waals surface area contributed by atoms with Crippen molar-refractivity contribution in [3.63, 3.8) is 0 Å². The number of rotatable bonds is 4. The highest BCUT2D eigenvalue weighted by molar-refractivity contribution is 7.08. The quantitative estimate of drug-likeness (QED) is 0.606. The van der Waals surface area contributed by atoms with E-state index in [0.29, 0.717) is 12.0 Å². The lowest BCUT2D eigenvalue weighted by Gasteiger charge is -2.35. The molecule has 6 heteroatoms. The van der Waals surface area contributed by atoms with Crippen LogP contribution in [0.3, 0.4) is 0 Å². The maximum absolute atomic E-state index is 5.61. The van der Waals surface area contributed by atoms with Crippen molar-refractivity contribution in [2.24, 2.45) is 4.99 Å². The summed E-state index contributed by atoms with van der Waals surface area (Å²) in [5.74, 6) is 1.94. The highest BCUT2D eigenvalue weighted by Crippen LogP contribution is 2.45. The van der Waals surface area contributed by atoms with Gasteiger partial charge in [-0.3, -0.25) is 4.99 Å². The van der Waals surface area contributed by atoms with E-state index in [0.717, 1.165) is 51.8 Å². The molecule has 3 aromatic rings. The van der Waals surface area contributed by atoms with Crippen molar-refractivity contribution in [1.82, 2.24) is 9.59 Å². The average Bonchev–Trinajstić information content (AvgIpc) is 3.28. The van der Waals surface area contributed by atoms with Crippen molar-refractivity contribution in [2.45, 2.75) is 37.6 Å². The van der Waals surface area contributed by atoms with Gasteiger partial charge in [0.1, 0.15) is 10.6 Å². The van der Waals surface area contributed by atoms with Crippen LogP contribution in [0.5, 0.6) is 11.5 Å². The topological polar surface area (TPSA) is 56.6 Å². The Morgan fingerprint density at radius 3 is 2.52 bits per heavy atom. The third-order valence-corrected chi connectivity index (χ3v) is 6.72. The highest BCUT2D eigenvalue weighted by atomic mass is 32.1. The molecule has 2 atom stereocenters. The molecule has 0 spiro atoms. The zero-order valence-electron chi connectivity index (χ0n) is 16.6. The van der Waals surface area contributed by atoms with Gasteiger partial charge in [0.25, 0.3) is 0 Å². The standard InChI is InChI=1S/C23H23N3O2S/c1-27-19-12-16-15-10-6-7-11-18(15)24-22(17(16)13-20(19)28-2)23-21(25-26-29-23)14-8-4-3-5-9-14/h3-5,8-9,12-13,15,18H,6-7,10-11H2,1-2H3. The van der Waals surface area contributed by atoms with Gasteiger partial charge in [-0.1, -0.05) is 47.7 Å². The first kappa shape index (κ1) is 18.3. The molecule has 1 aliphatic carbocycles. The first-order valence-electron chi connectivity index (χ1n) is 10.0. The van der Waals surface area contributed by atoms with Gasteiger partial charge in [0.05, 0.1) is 26.0 Å². The predicted octanol–water partition coefficient (Wildman–Crippen LogP) is 5.10. The van der Waals surface area contributed by atoms with Gasteiger partial charge in [0.2, 0.25) is 0 Å². The lowest BCUT2D eigenvalue weighted by Crippen LogP contribution is -2.29. The summed E-state index contributed by atoms with van der Waals surface area (Å²) in [7, 11) is 3.37. The molecule has 0 saturated heterocycles. The number of fused-ring (bicyclic) bond motifs is 3. The Hall–Kier alpha value is -2.73. The van der Waals surface area contributed by atoms with Crippen molar-refractivity contribution in [2.75, 3.05) is 14.2 Å². The molecule has 0 N–H and O–H groups in total. The van der Waals surface area contributed by atoms with Crippen LogP contribution in [0.15, 0.2) is 47.5 Å². The maximum Gasteiger partial charge on any atom is 0.161 e. The van der Waals surface area contributed by atoms with Crippen LogP contribution in [0, 0.1) is 0 Å². The highest BCUT2D eigenvalue weighted by Gasteiger charge is 2.36. The van der Waals surface area contributed by atoms with E-state index in [1.165, 1.54) is 29.9 Å². The summed E-state index contributed by atoms with van der Waals surface area (Å²) in [5.41, 5.74) is 5.37. The van der Waals surface area contributed by atoms with Crippen molar-refractivity contribution in [1.29, 1.82) is 0 Å². The Bertz CT molecular complexity index is 1060. The largest absolute Gasteiger partial charge is 0.493 e. The van der Waals surface area contributed by atoms with Gasteiger partial charge in [0.15, 0.2) is 11.5 Å². The van der Waals surface area contributed by atoms with Crippen LogP contribution in [0.2, 0.25) is 0 Å². The Labute approximate surface area is 174 Å². The average molecular weight is 406 g/mol. The third kappa shape index (κ3) is 3.12. The minimum Gasteiger partial charge on any atom is -0.493 e. The fraction of sp³-hybridized carbons (Fsp3) is 0.348. The van der Waals surface area contributed by atoms with Crippen LogP contribution < -0.4 is 9.47 Å². The second kappa shape index (κ2) is 7.59. The number of benzene rings is 2. The van der Waals surface area contributed by atoms with E-state index in [9.17, 15) is 0 Å². The minimum atomic E-state index is 0.301. The van der Waals surface area contributed by atoms with Gasteiger partial charge >= 0.3 is 0 Å². The minimum absolute atomic E-state index is 0.301. The van der Waals surface area contributed by atoms with Crippen LogP contribution >= 0.6 is 11.5 Å². The number of aliphatic imine (C=N–C) groups is 1. The van der Waals surface area contributed by atoms with E-state index in [1.54, 1.807) is 14.2 Å². The van der Waals surface area contributed by atoms with Gasteiger partial charge in [-0.25, -0.2) is 0 Å². The first-order chi connectivity index (χ1) is 14.3. The van der Waals surface area contributed by atoms with Gasteiger partial charge in [-0.05, 0) is 42.1 Å². The van der Waals surface area contributed by atoms with Crippen molar-refractivity contribution in [3.8, 4) is 22.8 Å². The Morgan fingerprint density at radius 1 is 0.966 bits per heavy atom. The molecule has 2 aliphatic rings. The fourth-order valence-electron chi connectivity index (χ4n) is 4.58. The molecular weight excluding hydrogens is 382 g/mol.